The zero-order chi connectivity index (χ0) is 11.4. The largest absolute Gasteiger partial charge is 0.394 e. The van der Waals surface area contributed by atoms with Crippen molar-refractivity contribution in [1.82, 2.24) is 15.3 Å². The lowest BCUT2D eigenvalue weighted by Crippen LogP contribution is -2.46. The van der Waals surface area contributed by atoms with Crippen LogP contribution in [0.2, 0.25) is 0 Å². The van der Waals surface area contributed by atoms with Crippen LogP contribution in [0.5, 0.6) is 0 Å². The molecule has 0 saturated heterocycles. The summed E-state index contributed by atoms with van der Waals surface area (Å²) in [6.45, 7) is 3.24. The molecule has 0 bridgehead atoms. The van der Waals surface area contributed by atoms with E-state index in [1.165, 1.54) is 0 Å². The summed E-state index contributed by atoms with van der Waals surface area (Å²) in [5.74, 6) is 0. The van der Waals surface area contributed by atoms with Gasteiger partial charge in [-0.25, -0.2) is 4.98 Å². The number of hydrogen-bond acceptors (Lipinski definition) is 4. The van der Waals surface area contributed by atoms with E-state index in [2.05, 4.69) is 22.2 Å². The van der Waals surface area contributed by atoms with Crippen molar-refractivity contribution in [2.45, 2.75) is 42.1 Å². The molecule has 4 nitrogen and oxygen atoms in total. The van der Waals surface area contributed by atoms with Crippen molar-refractivity contribution >= 4 is 11.8 Å². The fourth-order valence-electron chi connectivity index (χ4n) is 2.39. The lowest BCUT2D eigenvalue weighted by Gasteiger charge is -2.27. The number of aliphatic hydroxyl groups excluding tert-OH is 1. The van der Waals surface area contributed by atoms with E-state index in [1.54, 1.807) is 18.0 Å². The molecule has 5 heteroatoms. The lowest BCUT2D eigenvalue weighted by molar-refractivity contribution is 0.167. The second kappa shape index (κ2) is 5.21. The summed E-state index contributed by atoms with van der Waals surface area (Å²) in [5.41, 5.74) is -0.0565. The van der Waals surface area contributed by atoms with Crippen molar-refractivity contribution in [3.8, 4) is 0 Å². The van der Waals surface area contributed by atoms with Crippen LogP contribution in [-0.4, -0.2) is 39.0 Å². The Morgan fingerprint density at radius 3 is 3.25 bits per heavy atom. The number of hydrogen-bond donors (Lipinski definition) is 3. The summed E-state index contributed by atoms with van der Waals surface area (Å²) in [6.07, 6.45) is 6.83. The summed E-state index contributed by atoms with van der Waals surface area (Å²) >= 11 is 1.78. The predicted molar refractivity (Wildman–Crippen MR) is 65.6 cm³/mol. The van der Waals surface area contributed by atoms with E-state index >= 15 is 0 Å². The Labute approximate surface area is 100 Å². The van der Waals surface area contributed by atoms with Gasteiger partial charge >= 0.3 is 0 Å². The summed E-state index contributed by atoms with van der Waals surface area (Å²) in [4.78, 5) is 7.33. The fraction of sp³-hybridized carbons (Fsp3) is 0.727. The Morgan fingerprint density at radius 1 is 1.75 bits per heavy atom. The second-order valence-corrected chi connectivity index (χ2v) is 5.63. The molecule has 2 unspecified atom stereocenters. The fourth-order valence-corrected chi connectivity index (χ4v) is 3.60. The molecular weight excluding hydrogens is 222 g/mol. The number of thioether (sulfide) groups is 1. The average Bonchev–Trinajstić information content (AvgIpc) is 2.90. The quantitative estimate of drug-likeness (QED) is 0.729. The maximum atomic E-state index is 9.50. The maximum Gasteiger partial charge on any atom is 0.165 e. The molecule has 0 spiro atoms. The van der Waals surface area contributed by atoms with Crippen LogP contribution in [-0.2, 0) is 0 Å². The van der Waals surface area contributed by atoms with Gasteiger partial charge in [0.1, 0.15) is 0 Å². The second-order valence-electron chi connectivity index (χ2n) is 4.35. The molecule has 1 heterocycles. The zero-order valence-corrected chi connectivity index (χ0v) is 10.4. The molecule has 1 aliphatic carbocycles. The number of H-pyrrole nitrogens is 1. The topological polar surface area (TPSA) is 60.9 Å². The number of nitrogens with one attached hydrogen (secondary N) is 2. The first-order chi connectivity index (χ1) is 7.78. The van der Waals surface area contributed by atoms with E-state index in [9.17, 15) is 5.11 Å². The van der Waals surface area contributed by atoms with Crippen LogP contribution in [0, 0.1) is 0 Å². The summed E-state index contributed by atoms with van der Waals surface area (Å²) in [7, 11) is 0. The lowest BCUT2D eigenvalue weighted by atomic mass is 9.99. The molecular formula is C11H19N3OS. The van der Waals surface area contributed by atoms with Gasteiger partial charge in [0.15, 0.2) is 5.16 Å². The Bertz CT molecular complexity index is 317. The molecule has 1 fully saturated rings. The SMILES string of the molecule is CCNC1(CO)CCC(Sc2ncc[nH]2)C1. The molecule has 1 aliphatic rings. The number of aromatic amines is 1. The number of aromatic nitrogens is 2. The van der Waals surface area contributed by atoms with Crippen molar-refractivity contribution in [2.75, 3.05) is 13.2 Å². The highest BCUT2D eigenvalue weighted by molar-refractivity contribution is 7.99. The predicted octanol–water partition coefficient (Wildman–Crippen LogP) is 1.39. The van der Waals surface area contributed by atoms with Crippen molar-refractivity contribution in [3.63, 3.8) is 0 Å². The molecule has 0 radical (unpaired) electrons. The van der Waals surface area contributed by atoms with E-state index in [0.717, 1.165) is 31.0 Å². The standard InChI is InChI=1S/C11H19N3OS/c1-2-14-11(8-15)4-3-9(7-11)16-10-12-5-6-13-10/h5-6,9,14-15H,2-4,7-8H2,1H3,(H,12,13). The van der Waals surface area contributed by atoms with Crippen LogP contribution in [0.3, 0.4) is 0 Å². The van der Waals surface area contributed by atoms with Crippen LogP contribution in [0.1, 0.15) is 26.2 Å². The normalized spacial score (nSPS) is 29.8. The molecule has 0 aliphatic heterocycles. The van der Waals surface area contributed by atoms with Gasteiger partial charge < -0.3 is 15.4 Å². The van der Waals surface area contributed by atoms with Crippen LogP contribution in [0.15, 0.2) is 17.6 Å². The van der Waals surface area contributed by atoms with Gasteiger partial charge in [-0.3, -0.25) is 0 Å². The monoisotopic (exact) mass is 241 g/mol. The molecule has 3 N–H and O–H groups in total. The number of aliphatic hydroxyl groups is 1. The van der Waals surface area contributed by atoms with E-state index in [0.29, 0.717) is 5.25 Å². The van der Waals surface area contributed by atoms with Gasteiger partial charge in [-0.05, 0) is 25.8 Å². The Hall–Kier alpha value is -0.520. The van der Waals surface area contributed by atoms with Gasteiger partial charge in [-0.1, -0.05) is 18.7 Å². The molecule has 2 rings (SSSR count). The van der Waals surface area contributed by atoms with Gasteiger partial charge in [0.25, 0.3) is 0 Å². The van der Waals surface area contributed by atoms with Gasteiger partial charge in [-0.15, -0.1) is 0 Å². The third-order valence-corrected chi connectivity index (χ3v) is 4.35. The summed E-state index contributed by atoms with van der Waals surface area (Å²) < 4.78 is 0. The highest BCUT2D eigenvalue weighted by Crippen LogP contribution is 2.38. The van der Waals surface area contributed by atoms with Crippen molar-refractivity contribution in [2.24, 2.45) is 0 Å². The number of imidazole rings is 1. The molecule has 16 heavy (non-hydrogen) atoms. The Balaban J connectivity index is 1.91. The van der Waals surface area contributed by atoms with Crippen molar-refractivity contribution < 1.29 is 5.11 Å². The molecule has 90 valence electrons. The van der Waals surface area contributed by atoms with Gasteiger partial charge in [-0.2, -0.15) is 0 Å². The third-order valence-electron chi connectivity index (χ3n) is 3.17. The first-order valence-corrected chi connectivity index (χ1v) is 6.68. The van der Waals surface area contributed by atoms with Crippen molar-refractivity contribution in [3.05, 3.63) is 12.4 Å². The van der Waals surface area contributed by atoms with Crippen LogP contribution in [0.25, 0.3) is 0 Å². The minimum absolute atomic E-state index is 0.0565. The van der Waals surface area contributed by atoms with E-state index in [-0.39, 0.29) is 12.1 Å². The van der Waals surface area contributed by atoms with E-state index in [1.807, 2.05) is 6.20 Å². The number of likely N-dealkylation sites (N-methyl/N-ethyl adjacent to an activating group) is 1. The van der Waals surface area contributed by atoms with E-state index in [4.69, 9.17) is 0 Å². The highest BCUT2D eigenvalue weighted by Gasteiger charge is 2.38. The molecule has 0 amide bonds. The zero-order valence-electron chi connectivity index (χ0n) is 9.57. The third kappa shape index (κ3) is 2.59. The maximum absolute atomic E-state index is 9.50. The molecule has 1 aromatic rings. The van der Waals surface area contributed by atoms with Crippen LogP contribution in [0.4, 0.5) is 0 Å². The minimum Gasteiger partial charge on any atom is -0.394 e. The smallest absolute Gasteiger partial charge is 0.165 e. The molecule has 2 atom stereocenters. The molecule has 1 aromatic heterocycles. The number of nitrogens with zero attached hydrogens (tertiary/aromatic N) is 1. The van der Waals surface area contributed by atoms with Gasteiger partial charge in [0.05, 0.1) is 6.61 Å². The number of rotatable bonds is 5. The first kappa shape index (κ1) is 12.0. The van der Waals surface area contributed by atoms with Crippen LogP contribution < -0.4 is 5.32 Å². The van der Waals surface area contributed by atoms with Crippen molar-refractivity contribution in [1.29, 1.82) is 0 Å². The van der Waals surface area contributed by atoms with Gasteiger partial charge in [0, 0.05) is 23.2 Å². The average molecular weight is 241 g/mol. The summed E-state index contributed by atoms with van der Waals surface area (Å²) in [5, 5.41) is 14.5. The first-order valence-electron chi connectivity index (χ1n) is 5.80. The Kier molecular flexibility index (Phi) is 3.89. The minimum atomic E-state index is -0.0565. The molecule has 1 saturated carbocycles. The highest BCUT2D eigenvalue weighted by atomic mass is 32.2. The van der Waals surface area contributed by atoms with Gasteiger partial charge in [0.2, 0.25) is 0 Å². The molecule has 0 aromatic carbocycles. The van der Waals surface area contributed by atoms with Crippen LogP contribution >= 0.6 is 11.8 Å². The Morgan fingerprint density at radius 2 is 2.62 bits per heavy atom. The van der Waals surface area contributed by atoms with E-state index < -0.39 is 0 Å². The summed E-state index contributed by atoms with van der Waals surface area (Å²) in [6, 6.07) is 0.